The molecule has 214 valence electrons. The SMILES string of the molecule is Cc1cccc(NC(=O)Nc2ccc3c(c2)C(=O)N(C)[C@@H]2CC[C@@H](CC(=O)NCc4ccccc4Cl)O[C@H]2CO3)c1. The maximum absolute atomic E-state index is 13.5. The minimum absolute atomic E-state index is 0.124. The number of ether oxygens (including phenoxy) is 2. The molecule has 4 amide bonds. The van der Waals surface area contributed by atoms with Crippen molar-refractivity contribution in [3.05, 3.63) is 88.4 Å². The van der Waals surface area contributed by atoms with E-state index in [1.807, 2.05) is 43.3 Å². The van der Waals surface area contributed by atoms with E-state index >= 15 is 0 Å². The first-order chi connectivity index (χ1) is 19.8. The number of hydrogen-bond donors (Lipinski definition) is 3. The molecule has 0 aromatic heterocycles. The molecule has 0 saturated carbocycles. The number of carbonyl (C=O) groups is 3. The van der Waals surface area contributed by atoms with Gasteiger partial charge in [0.25, 0.3) is 5.91 Å². The van der Waals surface area contributed by atoms with Crippen LogP contribution in [0.2, 0.25) is 5.02 Å². The van der Waals surface area contributed by atoms with Gasteiger partial charge in [0, 0.05) is 30.0 Å². The molecule has 9 nitrogen and oxygen atoms in total. The van der Waals surface area contributed by atoms with Crippen LogP contribution >= 0.6 is 11.6 Å². The van der Waals surface area contributed by atoms with E-state index < -0.39 is 6.03 Å². The van der Waals surface area contributed by atoms with Gasteiger partial charge in [-0.15, -0.1) is 0 Å². The molecular formula is C31H33ClN4O5. The van der Waals surface area contributed by atoms with Crippen LogP contribution in [0.3, 0.4) is 0 Å². The number of amides is 4. The Morgan fingerprint density at radius 3 is 2.56 bits per heavy atom. The van der Waals surface area contributed by atoms with Gasteiger partial charge in [-0.05, 0) is 67.3 Å². The average molecular weight is 577 g/mol. The number of carbonyl (C=O) groups excluding carboxylic acids is 3. The Bertz CT molecular complexity index is 1450. The molecule has 41 heavy (non-hydrogen) atoms. The zero-order valence-electron chi connectivity index (χ0n) is 23.0. The van der Waals surface area contributed by atoms with Crippen LogP contribution in [0.15, 0.2) is 66.7 Å². The van der Waals surface area contributed by atoms with Crippen molar-refractivity contribution in [3.8, 4) is 5.75 Å². The first-order valence-electron chi connectivity index (χ1n) is 13.6. The quantitative estimate of drug-likeness (QED) is 0.365. The van der Waals surface area contributed by atoms with Crippen molar-refractivity contribution in [2.45, 2.75) is 51.0 Å². The van der Waals surface area contributed by atoms with E-state index in [-0.39, 0.29) is 43.1 Å². The van der Waals surface area contributed by atoms with Gasteiger partial charge in [-0.1, -0.05) is 41.9 Å². The van der Waals surface area contributed by atoms with Gasteiger partial charge >= 0.3 is 6.03 Å². The largest absolute Gasteiger partial charge is 0.490 e. The van der Waals surface area contributed by atoms with Gasteiger partial charge in [0.15, 0.2) is 0 Å². The zero-order valence-corrected chi connectivity index (χ0v) is 23.7. The highest BCUT2D eigenvalue weighted by molar-refractivity contribution is 6.31. The van der Waals surface area contributed by atoms with Crippen molar-refractivity contribution in [2.75, 3.05) is 24.3 Å². The molecule has 3 aromatic carbocycles. The van der Waals surface area contributed by atoms with E-state index in [0.717, 1.165) is 11.1 Å². The number of nitrogens with zero attached hydrogens (tertiary/aromatic N) is 1. The standard InChI is InChI=1S/C31H33ClN4O5/c1-19-6-5-8-21(14-19)34-31(39)35-22-10-13-27-24(15-22)30(38)36(2)26-12-11-23(41-28(26)18-40-27)16-29(37)33-17-20-7-3-4-9-25(20)32/h3-10,13-15,23,26,28H,11-12,16-18H2,1-2H3,(H,33,37)(H2,34,35,39)/t23-,26+,28-/m0/s1. The zero-order chi connectivity index (χ0) is 28.9. The predicted molar refractivity (Wildman–Crippen MR) is 157 cm³/mol. The number of hydrogen-bond acceptors (Lipinski definition) is 5. The third-order valence-corrected chi connectivity index (χ3v) is 7.76. The van der Waals surface area contributed by atoms with Gasteiger partial charge in [0.2, 0.25) is 5.91 Å². The second kappa shape index (κ2) is 12.6. The minimum atomic E-state index is -0.411. The minimum Gasteiger partial charge on any atom is -0.490 e. The Morgan fingerprint density at radius 2 is 1.78 bits per heavy atom. The Labute approximate surface area is 244 Å². The summed E-state index contributed by atoms with van der Waals surface area (Å²) in [6.45, 7) is 2.52. The number of anilines is 2. The Balaban J connectivity index is 1.20. The molecule has 0 unspecified atom stereocenters. The van der Waals surface area contributed by atoms with Crippen LogP contribution in [0.25, 0.3) is 0 Å². The first-order valence-corrected chi connectivity index (χ1v) is 14.0. The van der Waals surface area contributed by atoms with E-state index in [1.54, 1.807) is 42.3 Å². The summed E-state index contributed by atoms with van der Waals surface area (Å²) in [5.74, 6) is 0.0616. The topological polar surface area (TPSA) is 109 Å². The second-order valence-electron chi connectivity index (χ2n) is 10.4. The number of likely N-dealkylation sites (N-methyl/N-ethyl adjacent to an activating group) is 1. The van der Waals surface area contributed by atoms with Gasteiger partial charge in [-0.25, -0.2) is 4.79 Å². The molecule has 0 radical (unpaired) electrons. The summed E-state index contributed by atoms with van der Waals surface area (Å²) in [5, 5.41) is 9.11. The highest BCUT2D eigenvalue weighted by Crippen LogP contribution is 2.32. The number of halogens is 1. The van der Waals surface area contributed by atoms with E-state index in [1.165, 1.54) is 0 Å². The van der Waals surface area contributed by atoms with Crippen LogP contribution in [-0.2, 0) is 16.1 Å². The number of nitrogens with one attached hydrogen (secondary N) is 3. The van der Waals surface area contributed by atoms with Gasteiger partial charge in [0.1, 0.15) is 18.5 Å². The summed E-state index contributed by atoms with van der Waals surface area (Å²) in [4.78, 5) is 40.4. The average Bonchev–Trinajstić information content (AvgIpc) is 2.95. The fourth-order valence-electron chi connectivity index (χ4n) is 5.24. The molecule has 2 aliphatic rings. The second-order valence-corrected chi connectivity index (χ2v) is 10.8. The monoisotopic (exact) mass is 576 g/mol. The van der Waals surface area contributed by atoms with Gasteiger partial charge in [-0.3, -0.25) is 9.59 Å². The molecule has 0 aliphatic carbocycles. The van der Waals surface area contributed by atoms with E-state index in [9.17, 15) is 14.4 Å². The molecule has 2 aliphatic heterocycles. The molecule has 1 saturated heterocycles. The first kappa shape index (κ1) is 28.4. The normalized spacial score (nSPS) is 20.0. The maximum atomic E-state index is 13.5. The van der Waals surface area contributed by atoms with Crippen molar-refractivity contribution < 1.29 is 23.9 Å². The molecule has 5 rings (SSSR count). The van der Waals surface area contributed by atoms with Crippen LogP contribution in [0.4, 0.5) is 16.2 Å². The van der Waals surface area contributed by atoms with E-state index in [4.69, 9.17) is 21.1 Å². The summed E-state index contributed by atoms with van der Waals surface area (Å²) >= 11 is 6.19. The highest BCUT2D eigenvalue weighted by atomic mass is 35.5. The number of urea groups is 1. The number of rotatable bonds is 6. The summed E-state index contributed by atoms with van der Waals surface area (Å²) in [6, 6.07) is 19.2. The van der Waals surface area contributed by atoms with E-state index in [2.05, 4.69) is 16.0 Å². The predicted octanol–water partition coefficient (Wildman–Crippen LogP) is 5.38. The molecule has 3 atom stereocenters. The molecule has 3 aromatic rings. The Hall–Kier alpha value is -4.08. The van der Waals surface area contributed by atoms with Crippen molar-refractivity contribution in [1.82, 2.24) is 10.2 Å². The fraction of sp³-hybridized carbons (Fsp3) is 0.323. The molecule has 3 N–H and O–H groups in total. The van der Waals surface area contributed by atoms with Crippen LogP contribution < -0.4 is 20.7 Å². The van der Waals surface area contributed by atoms with Crippen LogP contribution in [0, 0.1) is 6.92 Å². The smallest absolute Gasteiger partial charge is 0.323 e. The Morgan fingerprint density at radius 1 is 1.00 bits per heavy atom. The molecule has 2 heterocycles. The van der Waals surface area contributed by atoms with Crippen LogP contribution in [-0.4, -0.2) is 54.6 Å². The fourth-order valence-corrected chi connectivity index (χ4v) is 5.44. The summed E-state index contributed by atoms with van der Waals surface area (Å²) in [7, 11) is 1.75. The molecule has 0 spiro atoms. The number of fused-ring (bicyclic) bond motifs is 2. The molecule has 10 heteroatoms. The van der Waals surface area contributed by atoms with Crippen molar-refractivity contribution in [2.24, 2.45) is 0 Å². The lowest BCUT2D eigenvalue weighted by Crippen LogP contribution is -2.53. The summed E-state index contributed by atoms with van der Waals surface area (Å²) < 4.78 is 12.3. The van der Waals surface area contributed by atoms with Crippen LogP contribution in [0.5, 0.6) is 5.75 Å². The van der Waals surface area contributed by atoms with Crippen molar-refractivity contribution in [1.29, 1.82) is 0 Å². The lowest BCUT2D eigenvalue weighted by atomic mass is 9.94. The lowest BCUT2D eigenvalue weighted by molar-refractivity contribution is -0.134. The maximum Gasteiger partial charge on any atom is 0.323 e. The van der Waals surface area contributed by atoms with E-state index in [0.29, 0.717) is 47.1 Å². The lowest BCUT2D eigenvalue weighted by Gasteiger charge is -2.42. The summed E-state index contributed by atoms with van der Waals surface area (Å²) in [5.41, 5.74) is 3.39. The van der Waals surface area contributed by atoms with Crippen molar-refractivity contribution >= 4 is 40.8 Å². The number of aryl methyl sites for hydroxylation is 1. The number of benzene rings is 3. The summed E-state index contributed by atoms with van der Waals surface area (Å²) in [6.07, 6.45) is 0.843. The van der Waals surface area contributed by atoms with Crippen molar-refractivity contribution in [3.63, 3.8) is 0 Å². The highest BCUT2D eigenvalue weighted by Gasteiger charge is 2.39. The molecular weight excluding hydrogens is 544 g/mol. The molecule has 0 bridgehead atoms. The Kier molecular flexibility index (Phi) is 8.75. The molecule has 1 fully saturated rings. The third-order valence-electron chi connectivity index (χ3n) is 7.39. The van der Waals surface area contributed by atoms with Gasteiger partial charge in [-0.2, -0.15) is 0 Å². The third kappa shape index (κ3) is 6.99. The van der Waals surface area contributed by atoms with Gasteiger partial charge < -0.3 is 30.3 Å². The van der Waals surface area contributed by atoms with Gasteiger partial charge in [0.05, 0.1) is 24.1 Å². The van der Waals surface area contributed by atoms with Crippen LogP contribution in [0.1, 0.15) is 40.7 Å².